The molecule has 1 fully saturated rings. The number of hydrogen-bond acceptors (Lipinski definition) is 5. The average molecular weight is 776 g/mol. The van der Waals surface area contributed by atoms with Crippen LogP contribution in [0, 0.1) is 5.92 Å². The van der Waals surface area contributed by atoms with Gasteiger partial charge in [0.25, 0.3) is 0 Å². The van der Waals surface area contributed by atoms with Gasteiger partial charge in [-0.2, -0.15) is 0 Å². The van der Waals surface area contributed by atoms with Crippen LogP contribution in [0.2, 0.25) is 54.4 Å². The van der Waals surface area contributed by atoms with E-state index in [1.807, 2.05) is 18.0 Å². The lowest BCUT2D eigenvalue weighted by Gasteiger charge is -2.43. The molecule has 4 unspecified atom stereocenters. The second-order valence-electron chi connectivity index (χ2n) is 20.5. The van der Waals surface area contributed by atoms with Gasteiger partial charge in [0.05, 0.1) is 24.4 Å². The summed E-state index contributed by atoms with van der Waals surface area (Å²) in [5.74, 6) is -0.0644. The predicted molar refractivity (Wildman–Crippen MR) is 230 cm³/mol. The molecular weight excluding hydrogens is 695 g/mol. The molecule has 0 bridgehead atoms. The summed E-state index contributed by atoms with van der Waals surface area (Å²) in [6, 6.07) is 10.3. The average Bonchev–Trinajstić information content (AvgIpc) is 3.37. The van der Waals surface area contributed by atoms with Gasteiger partial charge in [-0.05, 0) is 111 Å². The molecule has 0 aliphatic carbocycles. The van der Waals surface area contributed by atoms with Crippen LogP contribution in [0.4, 0.5) is 0 Å². The minimum absolute atomic E-state index is 0.0321. The van der Waals surface area contributed by atoms with E-state index >= 15 is 0 Å². The Balaban J connectivity index is 2.16. The summed E-state index contributed by atoms with van der Waals surface area (Å²) < 4.78 is 27.2. The van der Waals surface area contributed by atoms with Crippen LogP contribution >= 0.6 is 0 Å². The lowest BCUT2D eigenvalue weighted by Crippen LogP contribution is -2.49. The topological polar surface area (TPSA) is 57.2 Å². The van der Waals surface area contributed by atoms with Crippen molar-refractivity contribution in [3.05, 3.63) is 48.0 Å². The molecule has 1 aliphatic heterocycles. The van der Waals surface area contributed by atoms with E-state index in [2.05, 4.69) is 146 Å². The molecule has 9 heteroatoms. The number of ether oxygens (including phenoxy) is 1. The molecule has 1 saturated heterocycles. The van der Waals surface area contributed by atoms with Crippen molar-refractivity contribution < 1.29 is 22.8 Å². The van der Waals surface area contributed by atoms with Crippen LogP contribution in [-0.2, 0) is 22.8 Å². The Kier molecular flexibility index (Phi) is 16.5. The highest BCUT2D eigenvalue weighted by Crippen LogP contribution is 2.42. The van der Waals surface area contributed by atoms with E-state index in [1.54, 1.807) is 0 Å². The van der Waals surface area contributed by atoms with Crippen molar-refractivity contribution in [1.82, 2.24) is 4.90 Å². The van der Waals surface area contributed by atoms with Crippen molar-refractivity contribution in [2.45, 2.75) is 200 Å². The number of likely N-dealkylation sites (N-methyl/N-ethyl adjacent to an activating group) is 1. The van der Waals surface area contributed by atoms with Gasteiger partial charge in [-0.1, -0.05) is 106 Å². The zero-order valence-electron chi connectivity index (χ0n) is 37.0. The van der Waals surface area contributed by atoms with Gasteiger partial charge >= 0.3 is 0 Å². The van der Waals surface area contributed by atoms with Crippen molar-refractivity contribution in [1.29, 1.82) is 0 Å². The van der Waals surface area contributed by atoms with Crippen molar-refractivity contribution in [2.24, 2.45) is 5.92 Å². The maximum atomic E-state index is 14.3. The molecular formula is C43H81NO5Si3. The summed E-state index contributed by atoms with van der Waals surface area (Å²) in [6.45, 7) is 43.8. The van der Waals surface area contributed by atoms with Crippen molar-refractivity contribution in [3.63, 3.8) is 0 Å². The van der Waals surface area contributed by atoms with Gasteiger partial charge in [0.15, 0.2) is 25.0 Å². The first-order valence-corrected chi connectivity index (χ1v) is 28.9. The molecule has 0 radical (unpaired) electrons. The summed E-state index contributed by atoms with van der Waals surface area (Å²) in [6.07, 6.45) is 5.27. The highest BCUT2D eigenvalue weighted by atomic mass is 28.4. The number of nitrogens with zero attached hydrogens (tertiary/aromatic N) is 1. The van der Waals surface area contributed by atoms with Crippen LogP contribution in [-0.4, -0.2) is 73.8 Å². The first-order chi connectivity index (χ1) is 23.5. The normalized spacial score (nSPS) is 20.5. The molecule has 0 saturated carbocycles. The first-order valence-electron chi connectivity index (χ1n) is 20.1. The minimum atomic E-state index is -2.13. The third kappa shape index (κ3) is 13.0. The maximum Gasteiger partial charge on any atom is 0.225 e. The van der Waals surface area contributed by atoms with E-state index in [9.17, 15) is 4.79 Å². The largest absolute Gasteiger partial charge is 0.417 e. The van der Waals surface area contributed by atoms with E-state index in [4.69, 9.17) is 18.0 Å². The summed E-state index contributed by atoms with van der Waals surface area (Å²) in [4.78, 5) is 16.2. The standard InChI is InChI=1S/C43H81NO5Si3/c1-32-30-36(26-23-29-46-50(14,15)41(4,5)6)47-38(32)28-27-37(48-51(16,17)42(7,8)9)31-33(2)40(45)44(13)34(3)39(35-24-21-20-22-25-35)49-52(18,19)43(10,11)12/h20-22,24-25,33-34,36-39H,1,23,26-31H2,2-19H3/t33?,34?,36-,37?,38-,39?/m0/s1. The van der Waals surface area contributed by atoms with E-state index in [-0.39, 0.29) is 57.4 Å². The van der Waals surface area contributed by atoms with Crippen LogP contribution in [0.1, 0.15) is 126 Å². The molecule has 6 atom stereocenters. The fourth-order valence-electron chi connectivity index (χ4n) is 6.08. The van der Waals surface area contributed by atoms with Crippen LogP contribution in [0.15, 0.2) is 42.5 Å². The molecule has 2 rings (SSSR count). The monoisotopic (exact) mass is 776 g/mol. The summed E-state index contributed by atoms with van der Waals surface area (Å²) in [7, 11) is -4.02. The Morgan fingerprint density at radius 1 is 0.846 bits per heavy atom. The summed E-state index contributed by atoms with van der Waals surface area (Å²) in [5, 5.41) is 0.342. The number of benzene rings is 1. The van der Waals surface area contributed by atoms with Crippen LogP contribution in [0.3, 0.4) is 0 Å². The lowest BCUT2D eigenvalue weighted by molar-refractivity contribution is -0.138. The van der Waals surface area contributed by atoms with Crippen molar-refractivity contribution in [2.75, 3.05) is 13.7 Å². The van der Waals surface area contributed by atoms with E-state index in [0.29, 0.717) is 6.42 Å². The Hall–Kier alpha value is -1.08. The van der Waals surface area contributed by atoms with Crippen LogP contribution in [0.5, 0.6) is 0 Å². The second-order valence-corrected chi connectivity index (χ2v) is 34.8. The third-order valence-electron chi connectivity index (χ3n) is 13.1. The van der Waals surface area contributed by atoms with Gasteiger partial charge in [0.2, 0.25) is 5.91 Å². The molecule has 52 heavy (non-hydrogen) atoms. The molecule has 0 aromatic heterocycles. The number of rotatable bonds is 18. The molecule has 0 spiro atoms. The Morgan fingerprint density at radius 3 is 1.88 bits per heavy atom. The van der Waals surface area contributed by atoms with Gasteiger partial charge in [0, 0.05) is 25.7 Å². The Bertz CT molecular complexity index is 1280. The third-order valence-corrected chi connectivity index (χ3v) is 26.6. The number of hydrogen-bond donors (Lipinski definition) is 0. The minimum Gasteiger partial charge on any atom is -0.417 e. The molecule has 1 aliphatic rings. The fourth-order valence-corrected chi connectivity index (χ4v) is 9.89. The second kappa shape index (κ2) is 18.2. The van der Waals surface area contributed by atoms with Crippen LogP contribution in [0.25, 0.3) is 0 Å². The van der Waals surface area contributed by atoms with Crippen LogP contribution < -0.4 is 0 Å². The molecule has 6 nitrogen and oxygen atoms in total. The fraction of sp³-hybridized carbons (Fsp3) is 0.791. The van der Waals surface area contributed by atoms with E-state index in [1.165, 1.54) is 5.57 Å². The molecule has 300 valence electrons. The highest BCUT2D eigenvalue weighted by Gasteiger charge is 2.43. The molecule has 1 amide bonds. The maximum absolute atomic E-state index is 14.3. The molecule has 1 aromatic rings. The van der Waals surface area contributed by atoms with Gasteiger partial charge in [-0.25, -0.2) is 0 Å². The van der Waals surface area contributed by atoms with E-state index in [0.717, 1.165) is 44.3 Å². The SMILES string of the molecule is C=C1C[C@H](CCCO[Si](C)(C)C(C)(C)C)O[C@H]1CCC(CC(C)C(=O)N(C)C(C)C(O[Si](C)(C)C(C)(C)C)c1ccccc1)O[Si](C)(C)C(C)(C)C. The van der Waals surface area contributed by atoms with E-state index < -0.39 is 25.0 Å². The number of carbonyl (C=O) groups excluding carboxylic acids is 1. The Morgan fingerprint density at radius 2 is 1.37 bits per heavy atom. The highest BCUT2D eigenvalue weighted by molar-refractivity contribution is 6.74. The van der Waals surface area contributed by atoms with Gasteiger partial charge in [-0.3, -0.25) is 4.79 Å². The number of carbonyl (C=O) groups is 1. The quantitative estimate of drug-likeness (QED) is 0.0844. The molecule has 1 heterocycles. The van der Waals surface area contributed by atoms with Gasteiger partial charge < -0.3 is 22.9 Å². The zero-order chi connectivity index (χ0) is 40.1. The summed E-state index contributed by atoms with van der Waals surface area (Å²) in [5.41, 5.74) is 2.30. The lowest BCUT2D eigenvalue weighted by atomic mass is 9.95. The number of amides is 1. The van der Waals surface area contributed by atoms with Gasteiger partial charge in [-0.15, -0.1) is 0 Å². The first kappa shape index (κ1) is 47.1. The zero-order valence-corrected chi connectivity index (χ0v) is 40.0. The van der Waals surface area contributed by atoms with Crippen molar-refractivity contribution in [3.8, 4) is 0 Å². The molecule has 0 N–H and O–H groups in total. The van der Waals surface area contributed by atoms with Crippen molar-refractivity contribution >= 4 is 30.9 Å². The van der Waals surface area contributed by atoms with Gasteiger partial charge in [0.1, 0.15) is 0 Å². The smallest absolute Gasteiger partial charge is 0.225 e. The summed E-state index contributed by atoms with van der Waals surface area (Å²) >= 11 is 0. The predicted octanol–water partition coefficient (Wildman–Crippen LogP) is 12.3. The Labute approximate surface area is 324 Å². The molecule has 1 aromatic carbocycles.